The summed E-state index contributed by atoms with van der Waals surface area (Å²) in [5.74, 6) is -0.904. The standard InChI is InChI=1S/C24H24ClF2N3O2/c1-29-8-9-30(24(29)31)16-6-7-22(20(27)12-16)32-23-18-10-14(25)11-19(26)17(18)13-21(23)28-15-4-2-3-5-15/h6-12,15,21,23,28H,2-5,13H2,1H3/t21-,23-/m0/s1. The Morgan fingerprint density at radius 1 is 1.09 bits per heavy atom. The first-order valence-electron chi connectivity index (χ1n) is 10.8. The monoisotopic (exact) mass is 459 g/mol. The molecule has 0 radical (unpaired) electrons. The van der Waals surface area contributed by atoms with E-state index in [0.717, 1.165) is 25.7 Å². The molecule has 5 rings (SSSR count). The predicted octanol–water partition coefficient (Wildman–Crippen LogP) is 4.68. The van der Waals surface area contributed by atoms with Gasteiger partial charge in [-0.2, -0.15) is 0 Å². The van der Waals surface area contributed by atoms with Gasteiger partial charge in [-0.05, 0) is 49.1 Å². The fourth-order valence-electron chi connectivity index (χ4n) is 4.86. The molecule has 2 atom stereocenters. The molecule has 8 heteroatoms. The fraction of sp³-hybridized carbons (Fsp3) is 0.375. The average Bonchev–Trinajstić information content (AvgIpc) is 3.46. The lowest BCUT2D eigenvalue weighted by Crippen LogP contribution is -2.41. The first kappa shape index (κ1) is 21.2. The zero-order chi connectivity index (χ0) is 22.4. The smallest absolute Gasteiger partial charge is 0.332 e. The van der Waals surface area contributed by atoms with E-state index in [-0.39, 0.29) is 28.3 Å². The summed E-state index contributed by atoms with van der Waals surface area (Å²) >= 11 is 6.13. The van der Waals surface area contributed by atoms with E-state index >= 15 is 4.39 Å². The molecule has 0 aliphatic heterocycles. The molecule has 2 aromatic carbocycles. The van der Waals surface area contributed by atoms with Gasteiger partial charge in [-0.3, -0.25) is 4.57 Å². The number of nitrogens with one attached hydrogen (secondary N) is 1. The van der Waals surface area contributed by atoms with Crippen LogP contribution >= 0.6 is 11.6 Å². The molecule has 2 aliphatic carbocycles. The first-order chi connectivity index (χ1) is 15.4. The fourth-order valence-corrected chi connectivity index (χ4v) is 5.07. The van der Waals surface area contributed by atoms with E-state index in [4.69, 9.17) is 16.3 Å². The van der Waals surface area contributed by atoms with Crippen molar-refractivity contribution in [1.29, 1.82) is 0 Å². The minimum atomic E-state index is -0.589. The van der Waals surface area contributed by atoms with Crippen molar-refractivity contribution in [2.24, 2.45) is 7.05 Å². The van der Waals surface area contributed by atoms with Crippen molar-refractivity contribution in [3.8, 4) is 11.4 Å². The van der Waals surface area contributed by atoms with Gasteiger partial charge < -0.3 is 14.6 Å². The third kappa shape index (κ3) is 3.84. The normalized spacial score (nSPS) is 20.6. The number of imidazole rings is 1. The molecule has 32 heavy (non-hydrogen) atoms. The van der Waals surface area contributed by atoms with Crippen molar-refractivity contribution >= 4 is 11.6 Å². The number of nitrogens with zero attached hydrogens (tertiary/aromatic N) is 2. The molecule has 3 aromatic rings. The number of rotatable bonds is 5. The maximum atomic E-state index is 15.0. The molecule has 2 aliphatic rings. The number of hydrogen-bond acceptors (Lipinski definition) is 3. The third-order valence-electron chi connectivity index (χ3n) is 6.49. The molecule has 5 nitrogen and oxygen atoms in total. The molecule has 0 spiro atoms. The van der Waals surface area contributed by atoms with Gasteiger partial charge in [0.2, 0.25) is 0 Å². The Hall–Kier alpha value is -2.64. The molecule has 0 unspecified atom stereocenters. The number of fused-ring (bicyclic) bond motifs is 1. The Morgan fingerprint density at radius 3 is 2.56 bits per heavy atom. The second-order valence-electron chi connectivity index (χ2n) is 8.63. The van der Waals surface area contributed by atoms with Gasteiger partial charge in [-0.15, -0.1) is 0 Å². The Labute approximate surface area is 189 Å². The van der Waals surface area contributed by atoms with Gasteiger partial charge in [-0.25, -0.2) is 13.6 Å². The summed E-state index contributed by atoms with van der Waals surface area (Å²) in [6, 6.07) is 7.58. The van der Waals surface area contributed by atoms with E-state index < -0.39 is 11.9 Å². The minimum Gasteiger partial charge on any atom is -0.481 e. The van der Waals surface area contributed by atoms with Crippen molar-refractivity contribution in [2.75, 3.05) is 0 Å². The van der Waals surface area contributed by atoms with Crippen LogP contribution in [-0.2, 0) is 13.5 Å². The highest BCUT2D eigenvalue weighted by atomic mass is 35.5. The highest BCUT2D eigenvalue weighted by Gasteiger charge is 2.38. The van der Waals surface area contributed by atoms with Crippen LogP contribution in [-0.4, -0.2) is 21.2 Å². The molecular formula is C24H24ClF2N3O2. The molecule has 1 saturated carbocycles. The van der Waals surface area contributed by atoms with Gasteiger partial charge in [0.05, 0.1) is 11.7 Å². The Balaban J connectivity index is 1.46. The largest absolute Gasteiger partial charge is 0.481 e. The van der Waals surface area contributed by atoms with E-state index in [2.05, 4.69) is 5.32 Å². The van der Waals surface area contributed by atoms with Gasteiger partial charge in [0.1, 0.15) is 11.9 Å². The lowest BCUT2D eigenvalue weighted by atomic mass is 10.1. The molecule has 1 heterocycles. The van der Waals surface area contributed by atoms with E-state index in [1.54, 1.807) is 31.6 Å². The number of aromatic nitrogens is 2. The third-order valence-corrected chi connectivity index (χ3v) is 6.71. The summed E-state index contributed by atoms with van der Waals surface area (Å²) in [5, 5.41) is 3.89. The van der Waals surface area contributed by atoms with E-state index in [9.17, 15) is 9.18 Å². The molecule has 0 saturated heterocycles. The Morgan fingerprint density at radius 2 is 1.88 bits per heavy atom. The van der Waals surface area contributed by atoms with Gasteiger partial charge in [0.25, 0.3) is 0 Å². The van der Waals surface area contributed by atoms with Crippen LogP contribution in [0.15, 0.2) is 47.5 Å². The van der Waals surface area contributed by atoms with Crippen LogP contribution in [0, 0.1) is 11.6 Å². The van der Waals surface area contributed by atoms with Crippen LogP contribution in [0.5, 0.6) is 5.75 Å². The topological polar surface area (TPSA) is 48.2 Å². The van der Waals surface area contributed by atoms with Crippen molar-refractivity contribution in [2.45, 2.75) is 50.3 Å². The number of aryl methyl sites for hydroxylation is 1. The summed E-state index contributed by atoms with van der Waals surface area (Å²) < 4.78 is 38.6. The number of halogens is 3. The SMILES string of the molecule is Cn1ccn(-c2ccc(O[C@H]3c4cc(Cl)cc(F)c4C[C@@H]3NC3CCCC3)c(F)c2)c1=O. The Bertz CT molecular complexity index is 1220. The summed E-state index contributed by atoms with van der Waals surface area (Å²) in [6.45, 7) is 0. The average molecular weight is 460 g/mol. The quantitative estimate of drug-likeness (QED) is 0.602. The summed E-state index contributed by atoms with van der Waals surface area (Å²) in [5.41, 5.74) is 1.34. The molecule has 1 fully saturated rings. The summed E-state index contributed by atoms with van der Waals surface area (Å²) in [7, 11) is 1.63. The van der Waals surface area contributed by atoms with Crippen LogP contribution in [0.25, 0.3) is 5.69 Å². The van der Waals surface area contributed by atoms with Gasteiger partial charge >= 0.3 is 5.69 Å². The molecule has 0 amide bonds. The number of hydrogen-bond donors (Lipinski definition) is 1. The molecule has 0 bridgehead atoms. The van der Waals surface area contributed by atoms with E-state index in [0.29, 0.717) is 29.3 Å². The first-order valence-corrected chi connectivity index (χ1v) is 11.2. The van der Waals surface area contributed by atoms with Gasteiger partial charge in [-0.1, -0.05) is 24.4 Å². The maximum absolute atomic E-state index is 15.0. The van der Waals surface area contributed by atoms with Crippen LogP contribution in [0.1, 0.15) is 42.9 Å². The van der Waals surface area contributed by atoms with Crippen LogP contribution in [0.4, 0.5) is 8.78 Å². The molecular weight excluding hydrogens is 436 g/mol. The van der Waals surface area contributed by atoms with Crippen LogP contribution < -0.4 is 15.7 Å². The van der Waals surface area contributed by atoms with E-state index in [1.165, 1.54) is 27.3 Å². The highest BCUT2D eigenvalue weighted by molar-refractivity contribution is 6.30. The van der Waals surface area contributed by atoms with Crippen molar-refractivity contribution in [3.05, 3.63) is 81.0 Å². The second kappa shape index (κ2) is 8.37. The molecule has 168 valence electrons. The molecule has 1 aromatic heterocycles. The van der Waals surface area contributed by atoms with Gasteiger partial charge in [0, 0.05) is 42.1 Å². The zero-order valence-corrected chi connectivity index (χ0v) is 18.4. The maximum Gasteiger partial charge on any atom is 0.332 e. The zero-order valence-electron chi connectivity index (χ0n) is 17.7. The van der Waals surface area contributed by atoms with E-state index in [1.807, 2.05) is 0 Å². The van der Waals surface area contributed by atoms with Crippen LogP contribution in [0.2, 0.25) is 5.02 Å². The molecule has 1 N–H and O–H groups in total. The van der Waals surface area contributed by atoms with Gasteiger partial charge in [0.15, 0.2) is 11.6 Å². The summed E-state index contributed by atoms with van der Waals surface area (Å²) in [6.07, 6.45) is 7.54. The highest BCUT2D eigenvalue weighted by Crippen LogP contribution is 2.40. The number of benzene rings is 2. The Kier molecular flexibility index (Phi) is 5.55. The lowest BCUT2D eigenvalue weighted by molar-refractivity contribution is 0.153. The van der Waals surface area contributed by atoms with Crippen LogP contribution in [0.3, 0.4) is 0 Å². The number of ether oxygens (including phenoxy) is 1. The van der Waals surface area contributed by atoms with Crippen molar-refractivity contribution < 1.29 is 13.5 Å². The minimum absolute atomic E-state index is 0.0502. The predicted molar refractivity (Wildman–Crippen MR) is 119 cm³/mol. The lowest BCUT2D eigenvalue weighted by Gasteiger charge is -2.26. The summed E-state index contributed by atoms with van der Waals surface area (Å²) in [4.78, 5) is 12.2. The van der Waals surface area contributed by atoms with Crippen molar-refractivity contribution in [3.63, 3.8) is 0 Å². The van der Waals surface area contributed by atoms with Crippen molar-refractivity contribution in [1.82, 2.24) is 14.5 Å². The second-order valence-corrected chi connectivity index (χ2v) is 9.07.